The molecule has 6 rings (SSSR count). The molecule has 0 radical (unpaired) electrons. The summed E-state index contributed by atoms with van der Waals surface area (Å²) in [4.78, 5) is 22.4. The summed E-state index contributed by atoms with van der Waals surface area (Å²) in [5, 5.41) is 18.9. The van der Waals surface area contributed by atoms with Crippen LogP contribution in [0.15, 0.2) is 24.5 Å². The monoisotopic (exact) mass is 498 g/mol. The summed E-state index contributed by atoms with van der Waals surface area (Å²) in [6.07, 6.45) is 6.93. The van der Waals surface area contributed by atoms with Crippen LogP contribution in [0.2, 0.25) is 5.02 Å². The van der Waals surface area contributed by atoms with Gasteiger partial charge in [0.05, 0.1) is 17.0 Å². The van der Waals surface area contributed by atoms with Gasteiger partial charge >= 0.3 is 0 Å². The fourth-order valence-corrected chi connectivity index (χ4v) is 6.36. The van der Waals surface area contributed by atoms with E-state index in [9.17, 15) is 14.3 Å². The summed E-state index contributed by atoms with van der Waals surface area (Å²) in [6.45, 7) is 0. The molecule has 2 unspecified atom stereocenters. The first kappa shape index (κ1) is 22.7. The molecule has 0 bridgehead atoms. The fraction of sp³-hybridized carbons (Fsp3) is 0.520. The van der Waals surface area contributed by atoms with E-state index in [4.69, 9.17) is 16.6 Å². The number of aryl methyl sites for hydroxylation is 2. The van der Waals surface area contributed by atoms with Gasteiger partial charge in [-0.1, -0.05) is 11.6 Å². The molecule has 3 aliphatic carbocycles. The summed E-state index contributed by atoms with van der Waals surface area (Å²) in [5.41, 5.74) is 0.733. The predicted octanol–water partition coefficient (Wildman–Crippen LogP) is 4.26. The second-order valence-electron chi connectivity index (χ2n) is 10.5. The Balaban J connectivity index is 1.18. The molecule has 3 saturated carbocycles. The van der Waals surface area contributed by atoms with Crippen LogP contribution in [0, 0.1) is 17.7 Å². The van der Waals surface area contributed by atoms with E-state index in [0.717, 1.165) is 37.2 Å². The highest BCUT2D eigenvalue weighted by Gasteiger charge is 2.52. The number of rotatable bonds is 5. The Kier molecular flexibility index (Phi) is 5.27. The van der Waals surface area contributed by atoms with E-state index < -0.39 is 11.4 Å². The first-order chi connectivity index (χ1) is 16.7. The van der Waals surface area contributed by atoms with E-state index in [-0.39, 0.29) is 16.8 Å². The van der Waals surface area contributed by atoms with Crippen LogP contribution < -0.4 is 5.32 Å². The average Bonchev–Trinajstić information content (AvgIpc) is 3.11. The minimum Gasteiger partial charge on any atom is -0.382 e. The van der Waals surface area contributed by atoms with Crippen molar-refractivity contribution < 1.29 is 14.3 Å². The topological polar surface area (TPSA) is 97.9 Å². The number of halogens is 2. The number of carbonyl (C=O) groups excluding carboxylic acids is 1. The average molecular weight is 499 g/mol. The lowest BCUT2D eigenvalue weighted by Gasteiger charge is -2.23. The van der Waals surface area contributed by atoms with Crippen molar-refractivity contribution in [3.63, 3.8) is 0 Å². The molecule has 0 saturated heterocycles. The number of imidazole rings is 1. The van der Waals surface area contributed by atoms with E-state index in [2.05, 4.69) is 15.4 Å². The van der Waals surface area contributed by atoms with Gasteiger partial charge in [0.15, 0.2) is 11.6 Å². The van der Waals surface area contributed by atoms with Crippen molar-refractivity contribution in [3.05, 3.63) is 58.4 Å². The molecular formula is C25H28ClFN6O2. The number of fused-ring (bicyclic) bond motifs is 1. The SMILES string of the molecule is Cn1cnc(C2CC3CC(O)(c4nc(C5CC5)nn4C)CC3C2)c1C(=O)Nc1ccc(F)c(Cl)c1. The Morgan fingerprint density at radius 2 is 1.91 bits per heavy atom. The Hall–Kier alpha value is -2.78. The second-order valence-corrected chi connectivity index (χ2v) is 10.9. The largest absolute Gasteiger partial charge is 0.382 e. The zero-order valence-electron chi connectivity index (χ0n) is 19.7. The van der Waals surface area contributed by atoms with Gasteiger partial charge < -0.3 is 15.0 Å². The summed E-state index contributed by atoms with van der Waals surface area (Å²) in [6, 6.07) is 4.11. The first-order valence-corrected chi connectivity index (χ1v) is 12.5. The quantitative estimate of drug-likeness (QED) is 0.547. The normalized spacial score (nSPS) is 27.9. The van der Waals surface area contributed by atoms with Gasteiger partial charge in [-0.2, -0.15) is 5.10 Å². The molecule has 2 N–H and O–H groups in total. The highest BCUT2D eigenvalue weighted by atomic mass is 35.5. The number of aliphatic hydroxyl groups is 1. The molecule has 8 nitrogen and oxygen atoms in total. The van der Waals surface area contributed by atoms with Crippen molar-refractivity contribution in [2.75, 3.05) is 5.32 Å². The molecule has 2 atom stereocenters. The molecule has 3 aromatic rings. The Bertz CT molecular complexity index is 1300. The van der Waals surface area contributed by atoms with E-state index in [1.807, 2.05) is 7.05 Å². The van der Waals surface area contributed by atoms with Crippen molar-refractivity contribution in [2.45, 2.75) is 56.0 Å². The summed E-state index contributed by atoms with van der Waals surface area (Å²) < 4.78 is 17.0. The molecule has 1 aromatic carbocycles. The molecular weight excluding hydrogens is 471 g/mol. The van der Waals surface area contributed by atoms with Gasteiger partial charge in [0.25, 0.3) is 5.91 Å². The number of nitrogens with zero attached hydrogens (tertiary/aromatic N) is 5. The van der Waals surface area contributed by atoms with E-state index in [1.165, 1.54) is 18.2 Å². The van der Waals surface area contributed by atoms with E-state index >= 15 is 0 Å². The van der Waals surface area contributed by atoms with Crippen LogP contribution in [-0.4, -0.2) is 35.3 Å². The smallest absolute Gasteiger partial charge is 0.274 e. The molecule has 1 amide bonds. The lowest BCUT2D eigenvalue weighted by molar-refractivity contribution is 0.0218. The maximum absolute atomic E-state index is 13.5. The fourth-order valence-electron chi connectivity index (χ4n) is 6.18. The Labute approximate surface area is 207 Å². The van der Waals surface area contributed by atoms with Crippen molar-refractivity contribution in [3.8, 4) is 0 Å². The number of carbonyl (C=O) groups is 1. The molecule has 0 aliphatic heterocycles. The highest BCUT2D eigenvalue weighted by Crippen LogP contribution is 2.56. The number of nitrogens with one attached hydrogen (secondary N) is 1. The number of aromatic nitrogens is 5. The lowest BCUT2D eigenvalue weighted by atomic mass is 9.91. The van der Waals surface area contributed by atoms with E-state index in [0.29, 0.717) is 47.8 Å². The minimum absolute atomic E-state index is 0.0451. The zero-order chi connectivity index (χ0) is 24.5. The number of anilines is 1. The van der Waals surface area contributed by atoms with Gasteiger partial charge in [-0.25, -0.2) is 14.4 Å². The molecule has 35 heavy (non-hydrogen) atoms. The maximum atomic E-state index is 13.5. The standard InChI is InChI=1S/C25H28ClFN6O2/c1-32-12-28-20(21(32)23(34)29-17-5-6-19(27)18(26)9-17)14-7-15-10-25(35,11-16(15)8-14)24-30-22(13-3-4-13)31-33(24)2/h5-6,9,12-16,35H,3-4,7-8,10-11H2,1-2H3,(H,29,34). The molecule has 2 aromatic heterocycles. The lowest BCUT2D eigenvalue weighted by Crippen LogP contribution is -2.27. The van der Waals surface area contributed by atoms with Crippen LogP contribution in [0.3, 0.4) is 0 Å². The van der Waals surface area contributed by atoms with Gasteiger partial charge in [0.2, 0.25) is 0 Å². The van der Waals surface area contributed by atoms with Gasteiger partial charge in [0.1, 0.15) is 17.1 Å². The van der Waals surface area contributed by atoms with Crippen LogP contribution in [-0.2, 0) is 19.7 Å². The van der Waals surface area contributed by atoms with Crippen LogP contribution in [0.25, 0.3) is 0 Å². The minimum atomic E-state index is -0.957. The van der Waals surface area contributed by atoms with E-state index in [1.54, 1.807) is 22.6 Å². The van der Waals surface area contributed by atoms with Crippen LogP contribution in [0.5, 0.6) is 0 Å². The number of hydrogen-bond donors (Lipinski definition) is 2. The van der Waals surface area contributed by atoms with Crippen molar-refractivity contribution in [1.29, 1.82) is 0 Å². The zero-order valence-corrected chi connectivity index (χ0v) is 20.5. The Morgan fingerprint density at radius 1 is 1.20 bits per heavy atom. The Morgan fingerprint density at radius 3 is 2.57 bits per heavy atom. The first-order valence-electron chi connectivity index (χ1n) is 12.1. The van der Waals surface area contributed by atoms with Crippen LogP contribution >= 0.6 is 11.6 Å². The third-order valence-electron chi connectivity index (χ3n) is 7.92. The molecule has 3 fully saturated rings. The van der Waals surface area contributed by atoms with Gasteiger partial charge in [-0.3, -0.25) is 9.48 Å². The molecule has 184 valence electrons. The molecule has 2 heterocycles. The summed E-state index contributed by atoms with van der Waals surface area (Å²) in [7, 11) is 3.67. The third kappa shape index (κ3) is 3.94. The van der Waals surface area contributed by atoms with Crippen molar-refractivity contribution >= 4 is 23.2 Å². The van der Waals surface area contributed by atoms with Gasteiger partial charge in [0, 0.05) is 31.6 Å². The van der Waals surface area contributed by atoms with Crippen molar-refractivity contribution in [1.82, 2.24) is 24.3 Å². The highest BCUT2D eigenvalue weighted by molar-refractivity contribution is 6.31. The van der Waals surface area contributed by atoms with Crippen molar-refractivity contribution in [2.24, 2.45) is 25.9 Å². The third-order valence-corrected chi connectivity index (χ3v) is 8.21. The maximum Gasteiger partial charge on any atom is 0.274 e. The summed E-state index contributed by atoms with van der Waals surface area (Å²) in [5.74, 6) is 1.95. The van der Waals surface area contributed by atoms with Gasteiger partial charge in [-0.15, -0.1) is 0 Å². The number of benzene rings is 1. The van der Waals surface area contributed by atoms with Crippen LogP contribution in [0.4, 0.5) is 10.1 Å². The predicted molar refractivity (Wildman–Crippen MR) is 128 cm³/mol. The molecule has 0 spiro atoms. The molecule has 10 heteroatoms. The molecule has 3 aliphatic rings. The van der Waals surface area contributed by atoms with Crippen LogP contribution in [0.1, 0.15) is 78.2 Å². The second kappa shape index (κ2) is 8.13. The summed E-state index contributed by atoms with van der Waals surface area (Å²) >= 11 is 5.87. The number of amides is 1. The number of hydrogen-bond acceptors (Lipinski definition) is 5. The van der Waals surface area contributed by atoms with Gasteiger partial charge in [-0.05, 0) is 68.6 Å².